The molecule has 38 heavy (non-hydrogen) atoms. The van der Waals surface area contributed by atoms with E-state index in [9.17, 15) is 39.6 Å². The molecule has 14 heteroatoms. The van der Waals surface area contributed by atoms with Crippen LogP contribution in [0.4, 0.5) is 32.0 Å². The summed E-state index contributed by atoms with van der Waals surface area (Å²) in [5.74, 6) is -0.879. The molecule has 202 valence electrons. The highest BCUT2D eigenvalue weighted by molar-refractivity contribution is 7.90. The largest absolute Gasteiger partial charge is 0.417 e. The van der Waals surface area contributed by atoms with Crippen LogP contribution in [0.3, 0.4) is 0 Å². The van der Waals surface area contributed by atoms with Crippen LogP contribution < -0.4 is 5.32 Å². The Morgan fingerprint density at radius 2 is 1.68 bits per heavy atom. The normalized spacial score (nSPS) is 12.5. The molecule has 2 aromatic carbocycles. The fourth-order valence-electron chi connectivity index (χ4n) is 3.34. The zero-order valence-electron chi connectivity index (χ0n) is 19.8. The average Bonchev–Trinajstić information content (AvgIpc) is 2.82. The second kappa shape index (κ2) is 10.8. The van der Waals surface area contributed by atoms with Crippen LogP contribution in [0.15, 0.2) is 70.2 Å². The topological polar surface area (TPSA) is 91.7 Å². The van der Waals surface area contributed by atoms with Crippen molar-refractivity contribution in [2.24, 2.45) is 4.40 Å². The minimum absolute atomic E-state index is 0.123. The van der Waals surface area contributed by atoms with Crippen LogP contribution in [0.1, 0.15) is 16.7 Å². The van der Waals surface area contributed by atoms with Gasteiger partial charge >= 0.3 is 12.4 Å². The zero-order valence-corrected chi connectivity index (χ0v) is 20.6. The highest BCUT2D eigenvalue weighted by Crippen LogP contribution is 2.36. The molecule has 1 N–H and O–H groups in total. The van der Waals surface area contributed by atoms with Gasteiger partial charge in [-0.05, 0) is 29.8 Å². The molecule has 3 rings (SSSR count). The van der Waals surface area contributed by atoms with Gasteiger partial charge in [-0.2, -0.15) is 34.8 Å². The van der Waals surface area contributed by atoms with Gasteiger partial charge in [-0.3, -0.25) is 9.78 Å². The number of alkyl halides is 6. The Balaban J connectivity index is 2.03. The lowest BCUT2D eigenvalue weighted by atomic mass is 10.0. The first-order valence-electron chi connectivity index (χ1n) is 10.7. The zero-order chi connectivity index (χ0) is 28.3. The van der Waals surface area contributed by atoms with E-state index in [2.05, 4.69) is 14.7 Å². The number of sulfonamides is 1. The van der Waals surface area contributed by atoms with E-state index in [1.165, 1.54) is 37.2 Å². The summed E-state index contributed by atoms with van der Waals surface area (Å²) in [4.78, 5) is 16.9. The molecule has 0 aliphatic heterocycles. The number of aromatic nitrogens is 1. The van der Waals surface area contributed by atoms with Crippen molar-refractivity contribution in [3.05, 3.63) is 77.6 Å². The van der Waals surface area contributed by atoms with Crippen molar-refractivity contribution in [3.8, 4) is 11.1 Å². The molecule has 0 fully saturated rings. The van der Waals surface area contributed by atoms with E-state index in [0.717, 1.165) is 36.8 Å². The van der Waals surface area contributed by atoms with Crippen molar-refractivity contribution in [1.82, 2.24) is 9.88 Å². The first-order valence-corrected chi connectivity index (χ1v) is 12.1. The van der Waals surface area contributed by atoms with Gasteiger partial charge in [0, 0.05) is 43.3 Å². The first-order chi connectivity index (χ1) is 17.6. The van der Waals surface area contributed by atoms with Crippen molar-refractivity contribution >= 4 is 28.0 Å². The Labute approximate surface area is 213 Å². The molecule has 0 aliphatic rings. The lowest BCUT2D eigenvalue weighted by Crippen LogP contribution is -2.18. The molecule has 1 amide bonds. The maximum Gasteiger partial charge on any atom is 0.417 e. The highest BCUT2D eigenvalue weighted by Gasteiger charge is 2.34. The number of nitrogens with one attached hydrogen (secondary N) is 1. The van der Waals surface area contributed by atoms with Crippen molar-refractivity contribution in [3.63, 3.8) is 0 Å². The van der Waals surface area contributed by atoms with Gasteiger partial charge in [0.25, 0.3) is 10.0 Å². The highest BCUT2D eigenvalue weighted by atomic mass is 32.2. The van der Waals surface area contributed by atoms with Crippen molar-refractivity contribution in [2.45, 2.75) is 23.7 Å². The van der Waals surface area contributed by atoms with Crippen molar-refractivity contribution < 1.29 is 39.6 Å². The van der Waals surface area contributed by atoms with E-state index in [1.807, 2.05) is 0 Å². The molecule has 0 spiro atoms. The average molecular weight is 559 g/mol. The summed E-state index contributed by atoms with van der Waals surface area (Å²) in [5, 5.41) is 2.33. The smallest absolute Gasteiger partial charge is 0.368 e. The van der Waals surface area contributed by atoms with Gasteiger partial charge in [0.1, 0.15) is 6.34 Å². The van der Waals surface area contributed by atoms with Crippen LogP contribution in [0.2, 0.25) is 0 Å². The van der Waals surface area contributed by atoms with Gasteiger partial charge in [0.15, 0.2) is 0 Å². The van der Waals surface area contributed by atoms with Gasteiger partial charge < -0.3 is 10.2 Å². The third kappa shape index (κ3) is 7.09. The van der Waals surface area contributed by atoms with E-state index < -0.39 is 50.7 Å². The molecule has 3 aromatic rings. The molecule has 0 atom stereocenters. The van der Waals surface area contributed by atoms with Crippen molar-refractivity contribution in [2.75, 3.05) is 19.4 Å². The summed E-state index contributed by atoms with van der Waals surface area (Å²) >= 11 is 0. The van der Waals surface area contributed by atoms with E-state index in [1.54, 1.807) is 0 Å². The summed E-state index contributed by atoms with van der Waals surface area (Å²) < 4.78 is 109. The van der Waals surface area contributed by atoms with Crippen LogP contribution in [-0.2, 0) is 33.6 Å². The Morgan fingerprint density at radius 1 is 1.00 bits per heavy atom. The number of hydrogen-bond acceptors (Lipinski definition) is 4. The molecule has 1 heterocycles. The number of nitrogens with zero attached hydrogens (tertiary/aromatic N) is 3. The van der Waals surface area contributed by atoms with E-state index in [-0.39, 0.29) is 22.4 Å². The Kier molecular flexibility index (Phi) is 8.15. The molecule has 0 bridgehead atoms. The Bertz CT molecular complexity index is 1470. The number of amides is 1. The number of halogens is 6. The summed E-state index contributed by atoms with van der Waals surface area (Å²) in [6, 6.07) is 8.51. The molecule has 0 aliphatic carbocycles. The number of carbonyl (C=O) groups excluding carboxylic acids is 1. The van der Waals surface area contributed by atoms with Gasteiger partial charge in [-0.25, -0.2) is 0 Å². The molecule has 7 nitrogen and oxygen atoms in total. The number of carbonyl (C=O) groups is 1. The maximum absolute atomic E-state index is 13.3. The van der Waals surface area contributed by atoms with Crippen LogP contribution >= 0.6 is 0 Å². The van der Waals surface area contributed by atoms with Gasteiger partial charge in [-0.1, -0.05) is 24.3 Å². The predicted octanol–water partition coefficient (Wildman–Crippen LogP) is 5.25. The molecular formula is C24H20F6N4O3S. The lowest BCUT2D eigenvalue weighted by Gasteiger charge is -2.15. The standard InChI is InChI=1S/C24H20F6N4O3S/c1-34(2)14-32-38(36,37)21-11-18(7-8-19(21)16-9-17(13-31-12-16)23(25,26)27)33-22(35)10-15-5-3-4-6-20(15)24(28,29)30/h3-9,11-14H,10H2,1-2H3,(H,33,35). The van der Waals surface area contributed by atoms with E-state index in [0.29, 0.717) is 12.3 Å². The molecule has 0 saturated carbocycles. The number of anilines is 1. The SMILES string of the molecule is CN(C)C=NS(=O)(=O)c1cc(NC(=O)Cc2ccccc2C(F)(F)F)ccc1-c1cncc(C(F)(F)F)c1. The van der Waals surface area contributed by atoms with Gasteiger partial charge in [-0.15, -0.1) is 4.40 Å². The minimum atomic E-state index is -4.74. The fraction of sp³-hybridized carbons (Fsp3) is 0.208. The van der Waals surface area contributed by atoms with Crippen LogP contribution in [0, 0.1) is 0 Å². The van der Waals surface area contributed by atoms with Crippen LogP contribution in [0.25, 0.3) is 11.1 Å². The van der Waals surface area contributed by atoms with E-state index >= 15 is 0 Å². The van der Waals surface area contributed by atoms with E-state index in [4.69, 9.17) is 0 Å². The number of benzene rings is 2. The Hall–Kier alpha value is -3.94. The second-order valence-corrected chi connectivity index (χ2v) is 9.81. The second-order valence-electron chi connectivity index (χ2n) is 8.21. The maximum atomic E-state index is 13.3. The number of rotatable bonds is 7. The molecular weight excluding hydrogens is 538 g/mol. The van der Waals surface area contributed by atoms with Crippen LogP contribution in [0.5, 0.6) is 0 Å². The molecule has 0 radical (unpaired) electrons. The summed E-state index contributed by atoms with van der Waals surface area (Å²) in [6.07, 6.45) is -7.53. The van der Waals surface area contributed by atoms with Gasteiger partial charge in [0.05, 0.1) is 22.4 Å². The first kappa shape index (κ1) is 28.6. The summed E-state index contributed by atoms with van der Waals surface area (Å²) in [5.41, 5.74) is -2.90. The third-order valence-electron chi connectivity index (χ3n) is 5.01. The number of pyridine rings is 1. The quantitative estimate of drug-likeness (QED) is 0.243. The summed E-state index contributed by atoms with van der Waals surface area (Å²) in [6.45, 7) is 0. The minimum Gasteiger partial charge on any atom is -0.368 e. The monoisotopic (exact) mass is 558 g/mol. The van der Waals surface area contributed by atoms with Crippen molar-refractivity contribution in [1.29, 1.82) is 0 Å². The fourth-order valence-corrected chi connectivity index (χ4v) is 4.50. The molecule has 0 saturated heterocycles. The Morgan fingerprint density at radius 3 is 2.32 bits per heavy atom. The third-order valence-corrected chi connectivity index (χ3v) is 6.28. The number of hydrogen-bond donors (Lipinski definition) is 1. The summed E-state index contributed by atoms with van der Waals surface area (Å²) in [7, 11) is -1.52. The molecule has 0 unspecified atom stereocenters. The predicted molar refractivity (Wildman–Crippen MR) is 128 cm³/mol. The molecule has 1 aromatic heterocycles. The lowest BCUT2D eigenvalue weighted by molar-refractivity contribution is -0.139. The van der Waals surface area contributed by atoms with Gasteiger partial charge in [0.2, 0.25) is 5.91 Å². The van der Waals surface area contributed by atoms with Crippen LogP contribution in [-0.4, -0.2) is 44.6 Å².